The molecule has 2 rings (SSSR count). The van der Waals surface area contributed by atoms with Crippen molar-refractivity contribution >= 4 is 16.6 Å². The van der Waals surface area contributed by atoms with Crippen LogP contribution in [0, 0.1) is 0 Å². The van der Waals surface area contributed by atoms with Crippen LogP contribution in [0.3, 0.4) is 0 Å². The van der Waals surface area contributed by atoms with E-state index in [1.54, 1.807) is 27.5 Å². The largest absolute Gasteiger partial charge is 0.493 e. The molecule has 0 atom stereocenters. The number of pyridine rings is 1. The Morgan fingerprint density at radius 1 is 1.11 bits per heavy atom. The maximum absolute atomic E-state index is 5.49. The summed E-state index contributed by atoms with van der Waals surface area (Å²) in [5.41, 5.74) is 1.76. The lowest BCUT2D eigenvalue weighted by atomic mass is 10.1. The van der Waals surface area contributed by atoms with Crippen LogP contribution in [0.2, 0.25) is 0 Å². The van der Waals surface area contributed by atoms with Gasteiger partial charge in [0.2, 0.25) is 5.75 Å². The van der Waals surface area contributed by atoms with Gasteiger partial charge in [-0.3, -0.25) is 4.98 Å². The quantitative estimate of drug-likeness (QED) is 0.897. The molecule has 1 N–H and O–H groups in total. The predicted octanol–water partition coefficient (Wildman–Crippen LogP) is 2.69. The summed E-state index contributed by atoms with van der Waals surface area (Å²) in [5, 5.41) is 4.19. The Hall–Kier alpha value is -2.17. The molecule has 2 aromatic rings. The van der Waals surface area contributed by atoms with Crippen molar-refractivity contribution in [3.05, 3.63) is 18.3 Å². The molecule has 0 aliphatic heterocycles. The highest BCUT2D eigenvalue weighted by molar-refractivity contribution is 5.99. The van der Waals surface area contributed by atoms with Gasteiger partial charge in [-0.1, -0.05) is 0 Å². The molecule has 0 unspecified atom stereocenters. The van der Waals surface area contributed by atoms with Gasteiger partial charge in [0, 0.05) is 24.5 Å². The van der Waals surface area contributed by atoms with Crippen LogP contribution in [0.15, 0.2) is 18.3 Å². The first-order valence-electron chi connectivity index (χ1n) is 6.08. The summed E-state index contributed by atoms with van der Waals surface area (Å²) in [4.78, 5) is 4.36. The number of hydrogen-bond acceptors (Lipinski definition) is 5. The van der Waals surface area contributed by atoms with E-state index in [-0.39, 0.29) is 0 Å². The van der Waals surface area contributed by atoms with Crippen LogP contribution >= 0.6 is 0 Å². The first kappa shape index (κ1) is 13.3. The SMILES string of the molecule is CCNc1ccnc2cc(OC)c(OC)c(OC)c12. The first-order valence-corrected chi connectivity index (χ1v) is 6.08. The van der Waals surface area contributed by atoms with Gasteiger partial charge in [-0.2, -0.15) is 0 Å². The fraction of sp³-hybridized carbons (Fsp3) is 0.357. The van der Waals surface area contributed by atoms with Gasteiger partial charge in [-0.05, 0) is 13.0 Å². The average molecular weight is 262 g/mol. The second-order valence-electron chi connectivity index (χ2n) is 3.93. The lowest BCUT2D eigenvalue weighted by Crippen LogP contribution is -2.01. The minimum Gasteiger partial charge on any atom is -0.493 e. The van der Waals surface area contributed by atoms with Crippen LogP contribution in [0.1, 0.15) is 6.92 Å². The molecule has 1 heterocycles. The van der Waals surface area contributed by atoms with E-state index in [0.717, 1.165) is 23.1 Å². The monoisotopic (exact) mass is 262 g/mol. The van der Waals surface area contributed by atoms with E-state index in [1.165, 1.54) is 0 Å². The second-order valence-corrected chi connectivity index (χ2v) is 3.93. The van der Waals surface area contributed by atoms with Crippen molar-refractivity contribution in [3.8, 4) is 17.2 Å². The molecule has 1 aromatic heterocycles. The van der Waals surface area contributed by atoms with Crippen LogP contribution < -0.4 is 19.5 Å². The van der Waals surface area contributed by atoms with Gasteiger partial charge in [-0.25, -0.2) is 0 Å². The normalized spacial score (nSPS) is 10.3. The number of hydrogen-bond donors (Lipinski definition) is 1. The summed E-state index contributed by atoms with van der Waals surface area (Å²) in [7, 11) is 4.80. The Morgan fingerprint density at radius 2 is 1.84 bits per heavy atom. The van der Waals surface area contributed by atoms with Crippen molar-refractivity contribution in [3.63, 3.8) is 0 Å². The molecule has 0 aliphatic rings. The van der Waals surface area contributed by atoms with Crippen molar-refractivity contribution in [2.45, 2.75) is 6.92 Å². The fourth-order valence-electron chi connectivity index (χ4n) is 2.12. The fourth-order valence-corrected chi connectivity index (χ4v) is 2.12. The van der Waals surface area contributed by atoms with Crippen molar-refractivity contribution in [2.75, 3.05) is 33.2 Å². The number of nitrogens with zero attached hydrogens (tertiary/aromatic N) is 1. The highest BCUT2D eigenvalue weighted by atomic mass is 16.5. The molecule has 102 valence electrons. The molecule has 1 aromatic carbocycles. The molecule has 0 bridgehead atoms. The number of fused-ring (bicyclic) bond motifs is 1. The van der Waals surface area contributed by atoms with Gasteiger partial charge in [-0.15, -0.1) is 0 Å². The lowest BCUT2D eigenvalue weighted by molar-refractivity contribution is 0.327. The zero-order chi connectivity index (χ0) is 13.8. The number of rotatable bonds is 5. The maximum Gasteiger partial charge on any atom is 0.204 e. The van der Waals surface area contributed by atoms with E-state index in [2.05, 4.69) is 10.3 Å². The maximum atomic E-state index is 5.49. The van der Waals surface area contributed by atoms with Crippen LogP contribution in [0.5, 0.6) is 17.2 Å². The number of anilines is 1. The first-order chi connectivity index (χ1) is 9.26. The number of aromatic nitrogens is 1. The molecule has 0 amide bonds. The highest BCUT2D eigenvalue weighted by Gasteiger charge is 2.18. The van der Waals surface area contributed by atoms with Gasteiger partial charge < -0.3 is 19.5 Å². The molecular formula is C14H18N2O3. The Labute approximate surface area is 112 Å². The lowest BCUT2D eigenvalue weighted by Gasteiger charge is -2.16. The van der Waals surface area contributed by atoms with E-state index in [9.17, 15) is 0 Å². The Kier molecular flexibility index (Phi) is 3.94. The Bertz CT molecular complexity index is 584. The van der Waals surface area contributed by atoms with Gasteiger partial charge >= 0.3 is 0 Å². The third kappa shape index (κ3) is 2.23. The van der Waals surface area contributed by atoms with E-state index in [1.807, 2.05) is 19.1 Å². The zero-order valence-corrected chi connectivity index (χ0v) is 11.6. The average Bonchev–Trinajstić information content (AvgIpc) is 2.45. The van der Waals surface area contributed by atoms with E-state index in [4.69, 9.17) is 14.2 Å². The molecule has 0 fully saturated rings. The number of nitrogens with one attached hydrogen (secondary N) is 1. The predicted molar refractivity (Wildman–Crippen MR) is 75.6 cm³/mol. The summed E-state index contributed by atoms with van der Waals surface area (Å²) in [6.45, 7) is 2.86. The minimum atomic E-state index is 0.574. The summed E-state index contributed by atoms with van der Waals surface area (Å²) >= 11 is 0. The van der Waals surface area contributed by atoms with Gasteiger partial charge in [0.1, 0.15) is 0 Å². The summed E-state index contributed by atoms with van der Waals surface area (Å²) in [6, 6.07) is 3.76. The van der Waals surface area contributed by atoms with Crippen molar-refractivity contribution in [1.29, 1.82) is 0 Å². The van der Waals surface area contributed by atoms with Crippen LogP contribution in [0.25, 0.3) is 10.9 Å². The molecule has 0 aliphatic carbocycles. The highest BCUT2D eigenvalue weighted by Crippen LogP contribution is 2.45. The van der Waals surface area contributed by atoms with Crippen LogP contribution in [0.4, 0.5) is 5.69 Å². The van der Waals surface area contributed by atoms with Crippen molar-refractivity contribution in [2.24, 2.45) is 0 Å². The second kappa shape index (κ2) is 5.65. The van der Waals surface area contributed by atoms with E-state index >= 15 is 0 Å². The third-order valence-electron chi connectivity index (χ3n) is 2.90. The van der Waals surface area contributed by atoms with Crippen molar-refractivity contribution in [1.82, 2.24) is 4.98 Å². The van der Waals surface area contributed by atoms with E-state index in [0.29, 0.717) is 17.2 Å². The van der Waals surface area contributed by atoms with E-state index < -0.39 is 0 Å². The standard InChI is InChI=1S/C14H18N2O3/c1-5-15-9-6-7-16-10-8-11(17-2)13(18-3)14(19-4)12(9)10/h6-8H,5H2,1-4H3,(H,15,16). The van der Waals surface area contributed by atoms with Crippen LogP contribution in [-0.2, 0) is 0 Å². The summed E-state index contributed by atoms with van der Waals surface area (Å²) < 4.78 is 16.2. The molecule has 0 radical (unpaired) electrons. The van der Waals surface area contributed by atoms with Gasteiger partial charge in [0.05, 0.1) is 32.2 Å². The minimum absolute atomic E-state index is 0.574. The van der Waals surface area contributed by atoms with Crippen LogP contribution in [-0.4, -0.2) is 32.9 Å². The molecule has 19 heavy (non-hydrogen) atoms. The summed E-state index contributed by atoms with van der Waals surface area (Å²) in [5.74, 6) is 1.80. The zero-order valence-electron chi connectivity index (χ0n) is 11.6. The molecule has 0 saturated carbocycles. The van der Waals surface area contributed by atoms with Gasteiger partial charge in [0.15, 0.2) is 11.5 Å². The Balaban J connectivity index is 2.82. The Morgan fingerprint density at radius 3 is 2.42 bits per heavy atom. The van der Waals surface area contributed by atoms with Crippen molar-refractivity contribution < 1.29 is 14.2 Å². The number of benzene rings is 1. The number of methoxy groups -OCH3 is 3. The summed E-state index contributed by atoms with van der Waals surface area (Å²) in [6.07, 6.45) is 1.76. The van der Waals surface area contributed by atoms with Gasteiger partial charge in [0.25, 0.3) is 0 Å². The topological polar surface area (TPSA) is 52.6 Å². The molecule has 0 saturated heterocycles. The molecular weight excluding hydrogens is 244 g/mol. The molecule has 0 spiro atoms. The third-order valence-corrected chi connectivity index (χ3v) is 2.90. The molecule has 5 nitrogen and oxygen atoms in total. The smallest absolute Gasteiger partial charge is 0.204 e. The molecule has 5 heteroatoms. The number of ether oxygens (including phenoxy) is 3.